The van der Waals surface area contributed by atoms with E-state index in [-0.39, 0.29) is 17.5 Å². The molecule has 136 valence electrons. The van der Waals surface area contributed by atoms with E-state index in [0.29, 0.717) is 17.3 Å². The molecule has 4 aliphatic rings. The fourth-order valence-corrected chi connectivity index (χ4v) is 7.55. The van der Waals surface area contributed by atoms with Gasteiger partial charge in [0.05, 0.1) is 0 Å². The first-order valence-corrected chi connectivity index (χ1v) is 10.2. The van der Waals surface area contributed by atoms with Gasteiger partial charge in [-0.15, -0.1) is 0 Å². The smallest absolute Gasteiger partial charge is 0.302 e. The summed E-state index contributed by atoms with van der Waals surface area (Å²) in [6, 6.07) is 0. The van der Waals surface area contributed by atoms with Crippen LogP contribution in [0.15, 0.2) is 0 Å². The van der Waals surface area contributed by atoms with E-state index in [1.165, 1.54) is 32.1 Å². The predicted octanol–water partition coefficient (Wildman–Crippen LogP) is 5.30. The Kier molecular flexibility index (Phi) is 4.01. The SMILES string of the molecule is CC(=O)O[C@H]1CC[C@H]2[C@@H]3CC[C@H]4C[C@H](F)CC[C@]4(C)[C@H]3CC[C@]12C. The normalized spacial score (nSPS) is 53.7. The van der Waals surface area contributed by atoms with Gasteiger partial charge in [0, 0.05) is 12.3 Å². The topological polar surface area (TPSA) is 26.3 Å². The third-order valence-electron chi connectivity index (χ3n) is 8.82. The highest BCUT2D eigenvalue weighted by Gasteiger charge is 2.61. The van der Waals surface area contributed by atoms with Gasteiger partial charge in [-0.3, -0.25) is 4.79 Å². The molecule has 3 heteroatoms. The van der Waals surface area contributed by atoms with Gasteiger partial charge in [0.1, 0.15) is 12.3 Å². The lowest BCUT2D eigenvalue weighted by Gasteiger charge is -2.60. The Labute approximate surface area is 145 Å². The number of hydrogen-bond donors (Lipinski definition) is 0. The molecule has 0 heterocycles. The Morgan fingerprint density at radius 1 is 0.958 bits per heavy atom. The van der Waals surface area contributed by atoms with Crippen LogP contribution in [0.3, 0.4) is 0 Å². The molecule has 0 aromatic carbocycles. The lowest BCUT2D eigenvalue weighted by Crippen LogP contribution is -2.54. The van der Waals surface area contributed by atoms with Gasteiger partial charge in [0.15, 0.2) is 0 Å². The van der Waals surface area contributed by atoms with Crippen LogP contribution in [-0.2, 0) is 9.53 Å². The molecule has 0 radical (unpaired) electrons. The number of hydrogen-bond acceptors (Lipinski definition) is 2. The predicted molar refractivity (Wildman–Crippen MR) is 92.2 cm³/mol. The van der Waals surface area contributed by atoms with Crippen LogP contribution >= 0.6 is 0 Å². The standard InChI is InChI=1S/C21H33FO2/c1-13(23)24-19-7-6-17-16-5-4-14-12-15(22)8-10-20(14,2)18(16)9-11-21(17,19)3/h14-19H,4-12H2,1-3H3/t14-,15+,16-,17-,18-,19-,20-,21-/m0/s1. The molecule has 0 unspecified atom stereocenters. The van der Waals surface area contributed by atoms with E-state index in [4.69, 9.17) is 4.74 Å². The van der Waals surface area contributed by atoms with Crippen molar-refractivity contribution in [2.75, 3.05) is 0 Å². The largest absolute Gasteiger partial charge is 0.462 e. The van der Waals surface area contributed by atoms with Crippen molar-refractivity contribution in [2.45, 2.75) is 90.8 Å². The summed E-state index contributed by atoms with van der Waals surface area (Å²) < 4.78 is 19.7. The summed E-state index contributed by atoms with van der Waals surface area (Å²) in [6.07, 6.45) is 9.37. The van der Waals surface area contributed by atoms with Crippen molar-refractivity contribution in [3.63, 3.8) is 0 Å². The molecular formula is C21H33FO2. The number of fused-ring (bicyclic) bond motifs is 5. The highest BCUT2D eigenvalue weighted by Crippen LogP contribution is 2.66. The van der Waals surface area contributed by atoms with Crippen molar-refractivity contribution in [1.82, 2.24) is 0 Å². The van der Waals surface area contributed by atoms with E-state index >= 15 is 0 Å². The zero-order valence-electron chi connectivity index (χ0n) is 15.5. The van der Waals surface area contributed by atoms with Crippen LogP contribution in [0.4, 0.5) is 4.39 Å². The number of ether oxygens (including phenoxy) is 1. The fourth-order valence-electron chi connectivity index (χ4n) is 7.55. The lowest BCUT2D eigenvalue weighted by molar-refractivity contribution is -0.162. The van der Waals surface area contributed by atoms with E-state index in [1.807, 2.05) is 0 Å². The van der Waals surface area contributed by atoms with Crippen molar-refractivity contribution in [3.05, 3.63) is 0 Å². The summed E-state index contributed by atoms with van der Waals surface area (Å²) in [5.41, 5.74) is 0.527. The minimum Gasteiger partial charge on any atom is -0.462 e. The third-order valence-corrected chi connectivity index (χ3v) is 8.82. The van der Waals surface area contributed by atoms with Gasteiger partial charge in [-0.25, -0.2) is 4.39 Å². The van der Waals surface area contributed by atoms with Crippen molar-refractivity contribution in [3.8, 4) is 0 Å². The monoisotopic (exact) mass is 336 g/mol. The van der Waals surface area contributed by atoms with Gasteiger partial charge in [-0.1, -0.05) is 13.8 Å². The van der Waals surface area contributed by atoms with Crippen LogP contribution in [0.25, 0.3) is 0 Å². The Balaban J connectivity index is 1.57. The maximum atomic E-state index is 13.9. The first kappa shape index (κ1) is 16.8. The van der Waals surface area contributed by atoms with Gasteiger partial charge in [-0.05, 0) is 86.9 Å². The zero-order chi connectivity index (χ0) is 17.1. The first-order valence-electron chi connectivity index (χ1n) is 10.2. The number of esters is 1. The summed E-state index contributed by atoms with van der Waals surface area (Å²) in [5, 5.41) is 0. The maximum Gasteiger partial charge on any atom is 0.302 e. The minimum absolute atomic E-state index is 0.119. The Morgan fingerprint density at radius 2 is 1.67 bits per heavy atom. The molecule has 0 bridgehead atoms. The fraction of sp³-hybridized carbons (Fsp3) is 0.952. The molecule has 24 heavy (non-hydrogen) atoms. The van der Waals surface area contributed by atoms with Crippen LogP contribution in [0.2, 0.25) is 0 Å². The van der Waals surface area contributed by atoms with E-state index in [9.17, 15) is 9.18 Å². The maximum absolute atomic E-state index is 13.9. The first-order chi connectivity index (χ1) is 11.3. The number of carbonyl (C=O) groups excluding carboxylic acids is 1. The molecule has 0 spiro atoms. The summed E-state index contributed by atoms with van der Waals surface area (Å²) in [6.45, 7) is 6.40. The summed E-state index contributed by atoms with van der Waals surface area (Å²) in [7, 11) is 0. The number of rotatable bonds is 1. The quantitative estimate of drug-likeness (QED) is 0.607. The summed E-state index contributed by atoms with van der Waals surface area (Å²) in [5.74, 6) is 2.69. The summed E-state index contributed by atoms with van der Waals surface area (Å²) >= 11 is 0. The molecule has 4 fully saturated rings. The van der Waals surface area contributed by atoms with Crippen LogP contribution in [-0.4, -0.2) is 18.2 Å². The van der Waals surface area contributed by atoms with E-state index in [2.05, 4.69) is 13.8 Å². The van der Waals surface area contributed by atoms with Gasteiger partial charge < -0.3 is 4.74 Å². The molecule has 0 saturated heterocycles. The second-order valence-electron chi connectivity index (χ2n) is 9.75. The van der Waals surface area contributed by atoms with Gasteiger partial charge >= 0.3 is 5.97 Å². The van der Waals surface area contributed by atoms with Gasteiger partial charge in [-0.2, -0.15) is 0 Å². The second-order valence-corrected chi connectivity index (χ2v) is 9.75. The minimum atomic E-state index is -0.562. The Hall–Kier alpha value is -0.600. The summed E-state index contributed by atoms with van der Waals surface area (Å²) in [4.78, 5) is 11.5. The average molecular weight is 336 g/mol. The lowest BCUT2D eigenvalue weighted by atomic mass is 9.45. The van der Waals surface area contributed by atoms with Gasteiger partial charge in [0.25, 0.3) is 0 Å². The molecule has 0 N–H and O–H groups in total. The highest BCUT2D eigenvalue weighted by atomic mass is 19.1. The molecule has 0 aliphatic heterocycles. The van der Waals surface area contributed by atoms with Crippen LogP contribution in [0.5, 0.6) is 0 Å². The highest BCUT2D eigenvalue weighted by molar-refractivity contribution is 5.66. The zero-order valence-corrected chi connectivity index (χ0v) is 15.5. The van der Waals surface area contributed by atoms with Gasteiger partial charge in [0.2, 0.25) is 0 Å². The molecule has 4 aliphatic carbocycles. The second kappa shape index (κ2) is 5.71. The van der Waals surface area contributed by atoms with Crippen LogP contribution < -0.4 is 0 Å². The van der Waals surface area contributed by atoms with Crippen molar-refractivity contribution in [1.29, 1.82) is 0 Å². The average Bonchev–Trinajstić information content (AvgIpc) is 2.84. The van der Waals surface area contributed by atoms with E-state index in [1.54, 1.807) is 6.92 Å². The Morgan fingerprint density at radius 3 is 2.42 bits per heavy atom. The van der Waals surface area contributed by atoms with E-state index in [0.717, 1.165) is 37.5 Å². The molecule has 0 aromatic rings. The van der Waals surface area contributed by atoms with Crippen LogP contribution in [0, 0.1) is 34.5 Å². The number of halogens is 1. The molecule has 2 nitrogen and oxygen atoms in total. The molecule has 8 atom stereocenters. The molecular weight excluding hydrogens is 303 g/mol. The van der Waals surface area contributed by atoms with Crippen molar-refractivity contribution < 1.29 is 13.9 Å². The molecule has 4 saturated carbocycles. The third kappa shape index (κ3) is 2.36. The molecule has 0 amide bonds. The van der Waals surface area contributed by atoms with E-state index < -0.39 is 6.17 Å². The van der Waals surface area contributed by atoms with Crippen molar-refractivity contribution >= 4 is 5.97 Å². The number of alkyl halides is 1. The Bertz CT molecular complexity index is 520. The number of carbonyl (C=O) groups is 1. The van der Waals surface area contributed by atoms with Crippen molar-refractivity contribution in [2.24, 2.45) is 34.5 Å². The molecule has 0 aromatic heterocycles. The molecule has 4 rings (SSSR count). The van der Waals surface area contributed by atoms with Crippen LogP contribution in [0.1, 0.15) is 78.6 Å².